The van der Waals surface area contributed by atoms with Crippen LogP contribution < -0.4 is 40.3 Å². The highest BCUT2D eigenvalue weighted by Crippen LogP contribution is 2.40. The number of nitrogens with two attached hydrogens (primary N) is 2. The zero-order valence-electron chi connectivity index (χ0n) is 44.8. The van der Waals surface area contributed by atoms with E-state index in [0.717, 1.165) is 4.90 Å². The predicted molar refractivity (Wildman–Crippen MR) is 284 cm³/mol. The summed E-state index contributed by atoms with van der Waals surface area (Å²) >= 11 is 0. The first-order chi connectivity index (χ1) is 39.1. The summed E-state index contributed by atoms with van der Waals surface area (Å²) in [5.74, 6) is 1.46. The zero-order valence-corrected chi connectivity index (χ0v) is 45.7. The number of aliphatic hydroxyl groups excluding tert-OH is 5. The lowest BCUT2D eigenvalue weighted by Crippen LogP contribution is -2.61. The fourth-order valence-electron chi connectivity index (χ4n) is 9.06. The van der Waals surface area contributed by atoms with Gasteiger partial charge in [0.1, 0.15) is 64.9 Å². The second-order valence-electron chi connectivity index (χ2n) is 19.0. The van der Waals surface area contributed by atoms with Crippen molar-refractivity contribution in [2.24, 2.45) is 5.14 Å². The molecule has 1 aliphatic carbocycles. The van der Waals surface area contributed by atoms with Gasteiger partial charge in [0.2, 0.25) is 42.1 Å². The molecule has 2 fully saturated rings. The minimum Gasteiger partial charge on any atom is -0.492 e. The number of rotatable bonds is 27. The number of hydrogen-bond donors (Lipinski definition) is 11. The summed E-state index contributed by atoms with van der Waals surface area (Å²) in [7, 11) is -4.27. The van der Waals surface area contributed by atoms with Crippen LogP contribution in [0.4, 0.5) is 15.9 Å². The maximum atomic E-state index is 15.2. The molecule has 13 N–H and O–H groups in total. The third-order valence-corrected chi connectivity index (χ3v) is 13.8. The monoisotopic (exact) mass is 1190 g/mol. The molecule has 9 atom stereocenters. The van der Waals surface area contributed by atoms with Gasteiger partial charge in [-0.3, -0.25) is 24.1 Å². The second-order valence-corrected chi connectivity index (χ2v) is 20.3. The number of nitrogens with one attached hydrogen (secondary N) is 3. The number of aliphatic carboxylic acids is 1. The van der Waals surface area contributed by atoms with E-state index in [4.69, 9.17) is 44.0 Å². The van der Waals surface area contributed by atoms with Gasteiger partial charge in [0.25, 0.3) is 22.0 Å². The Morgan fingerprint density at radius 3 is 2.27 bits per heavy atom. The molecule has 0 bridgehead atoms. The summed E-state index contributed by atoms with van der Waals surface area (Å²) in [5.41, 5.74) is 8.07. The predicted octanol–water partition coefficient (Wildman–Crippen LogP) is -3.02. The molecule has 31 heteroatoms. The Labute approximate surface area is 474 Å². The van der Waals surface area contributed by atoms with Crippen molar-refractivity contribution in [1.29, 1.82) is 0 Å². The molecule has 4 amide bonds. The van der Waals surface area contributed by atoms with Crippen molar-refractivity contribution in [1.82, 2.24) is 24.5 Å². The fraction of sp³-hybridized carbons (Fsp3) is 0.462. The number of carbonyl (C=O) groups is 5. The molecule has 4 aromatic rings. The molecule has 4 aliphatic rings. The van der Waals surface area contributed by atoms with Crippen LogP contribution in [0.3, 0.4) is 0 Å². The van der Waals surface area contributed by atoms with Crippen LogP contribution in [-0.2, 0) is 64.4 Å². The number of amides is 4. The lowest BCUT2D eigenvalue weighted by molar-refractivity contribution is -0.668. The number of piperidine rings is 1. The molecular formula is C52H64FN9O20S. The third kappa shape index (κ3) is 15.3. The number of carboxylic acid groups (broad SMARTS) is 1. The Morgan fingerprint density at radius 1 is 0.880 bits per heavy atom. The molecule has 83 heavy (non-hydrogen) atoms. The molecule has 2 aromatic heterocycles. The SMILES string of the molecule is CCOc1cccc(F)c1C#Cc1cn([C@@H]2O[C@H](CNS(N)(=O)=O)[C@@H](O)[C@H]2O)c2c1c(N)nc[n+]2Cc1ccc(O[C@@H]2O[C@H](C(=O)O)[C@@H](O)[C@H](O)[C@H]2O)c(NC(=O)CCNC(=O)CCOCCOCCOCCN2C(=O)C3=C(C3)C2=O)c1.[CH3-]. The molecular weight excluding hydrogens is 1120 g/mol. The highest BCUT2D eigenvalue weighted by atomic mass is 32.2. The summed E-state index contributed by atoms with van der Waals surface area (Å²) in [5, 5.41) is 74.3. The molecule has 8 rings (SSSR count). The Kier molecular flexibility index (Phi) is 21.2. The Bertz CT molecular complexity index is 3260. The topological polar surface area (TPSA) is 419 Å². The minimum absolute atomic E-state index is 0. The molecule has 2 saturated heterocycles. The van der Waals surface area contributed by atoms with Crippen LogP contribution in [-0.4, -0.2) is 198 Å². The van der Waals surface area contributed by atoms with Gasteiger partial charge in [-0.1, -0.05) is 29.0 Å². The average Bonchev–Trinajstić information content (AvgIpc) is 4.14. The number of carbonyl (C=O) groups excluding carboxylic acids is 4. The van der Waals surface area contributed by atoms with Gasteiger partial charge in [0.05, 0.1) is 76.8 Å². The number of likely N-dealkylation sites (tertiary alicyclic amines) is 1. The van der Waals surface area contributed by atoms with E-state index in [1.165, 1.54) is 58.1 Å². The molecule has 29 nitrogen and oxygen atoms in total. The first kappa shape index (κ1) is 63.3. The van der Waals surface area contributed by atoms with E-state index >= 15 is 4.39 Å². The number of nitrogens with zero attached hydrogens (tertiary/aromatic N) is 4. The molecule has 450 valence electrons. The first-order valence-corrected chi connectivity index (χ1v) is 27.2. The summed E-state index contributed by atoms with van der Waals surface area (Å²) in [4.78, 5) is 67.7. The van der Waals surface area contributed by atoms with Crippen molar-refractivity contribution in [3.8, 4) is 23.3 Å². The van der Waals surface area contributed by atoms with Crippen LogP contribution >= 0.6 is 0 Å². The molecule has 0 radical (unpaired) electrons. The lowest BCUT2D eigenvalue weighted by atomic mass is 9.99. The number of anilines is 2. The van der Waals surface area contributed by atoms with E-state index < -0.39 is 95.6 Å². The molecule has 0 spiro atoms. The molecule has 0 saturated carbocycles. The quantitative estimate of drug-likeness (QED) is 0.00931. The van der Waals surface area contributed by atoms with Crippen molar-refractivity contribution in [2.75, 3.05) is 76.9 Å². The Balaban J connectivity index is 0.00000990. The van der Waals surface area contributed by atoms with Crippen molar-refractivity contribution in [3.63, 3.8) is 0 Å². The van der Waals surface area contributed by atoms with E-state index in [2.05, 4.69) is 27.5 Å². The van der Waals surface area contributed by atoms with Gasteiger partial charge in [0, 0.05) is 43.5 Å². The number of carboxylic acids is 1. The van der Waals surface area contributed by atoms with Crippen LogP contribution in [0.15, 0.2) is 60.1 Å². The van der Waals surface area contributed by atoms with E-state index in [9.17, 15) is 63.0 Å². The smallest absolute Gasteiger partial charge is 0.335 e. The zero-order chi connectivity index (χ0) is 59.0. The van der Waals surface area contributed by atoms with Crippen LogP contribution in [0.25, 0.3) is 11.0 Å². The van der Waals surface area contributed by atoms with Gasteiger partial charge >= 0.3 is 5.97 Å². The van der Waals surface area contributed by atoms with E-state index in [-0.39, 0.29) is 143 Å². The second kappa shape index (κ2) is 27.9. The molecule has 5 heterocycles. The summed E-state index contributed by atoms with van der Waals surface area (Å²) in [6, 6.07) is 8.35. The van der Waals surface area contributed by atoms with Crippen LogP contribution in [0.2, 0.25) is 0 Å². The van der Waals surface area contributed by atoms with Gasteiger partial charge in [-0.2, -0.15) is 13.1 Å². The van der Waals surface area contributed by atoms with E-state index in [1.54, 1.807) is 6.92 Å². The normalized spacial score (nSPS) is 22.9. The van der Waals surface area contributed by atoms with E-state index in [0.29, 0.717) is 23.1 Å². The van der Waals surface area contributed by atoms with Crippen molar-refractivity contribution < 1.29 is 105 Å². The number of hydrogen-bond acceptors (Lipinski definition) is 21. The summed E-state index contributed by atoms with van der Waals surface area (Å²) in [6.07, 6.45) is -13.4. The van der Waals surface area contributed by atoms with Gasteiger partial charge in [-0.05, 0) is 36.8 Å². The number of halogens is 1. The Morgan fingerprint density at radius 2 is 1.58 bits per heavy atom. The van der Waals surface area contributed by atoms with Crippen LogP contribution in [0.1, 0.15) is 49.1 Å². The van der Waals surface area contributed by atoms with Crippen molar-refractivity contribution in [3.05, 3.63) is 90.0 Å². The van der Waals surface area contributed by atoms with Gasteiger partial charge in [-0.15, -0.1) is 0 Å². The number of nitrogen functional groups attached to an aromatic ring is 1. The van der Waals surface area contributed by atoms with Gasteiger partial charge < -0.3 is 87.6 Å². The largest absolute Gasteiger partial charge is 0.492 e. The minimum atomic E-state index is -4.27. The number of ether oxygens (including phenoxy) is 7. The average molecular weight is 1190 g/mol. The number of imide groups is 1. The van der Waals surface area contributed by atoms with Crippen molar-refractivity contribution >= 4 is 62.3 Å². The van der Waals surface area contributed by atoms with Crippen LogP contribution in [0.5, 0.6) is 11.5 Å². The molecule has 3 aliphatic heterocycles. The van der Waals surface area contributed by atoms with Gasteiger partial charge in [0.15, 0.2) is 6.10 Å². The van der Waals surface area contributed by atoms with Gasteiger partial charge in [-0.25, -0.2) is 23.5 Å². The fourth-order valence-corrected chi connectivity index (χ4v) is 9.46. The number of fused-ring (bicyclic) bond motifs is 1. The van der Waals surface area contributed by atoms with E-state index in [1.807, 2.05) is 4.72 Å². The first-order valence-electron chi connectivity index (χ1n) is 25.7. The highest BCUT2D eigenvalue weighted by molar-refractivity contribution is 7.87. The number of benzene rings is 2. The standard InChI is InChI=1S/C51H60FN9O20S.CH3/c1-2-78-33-5-3-4-31(52)28(33)8-7-27-24-61(49-42(67)39(64)35(79-49)22-57-82(54,73)74)46-38(27)45(53)56-25-59(46)23-26-6-9-34(80-51-43(68)40(65)41(66)44(81-51)50(71)72)32(20-26)58-37(63)10-12-55-36(62)11-14-75-16-18-77-19-17-76-15-13-60-47(69)29-21-30(29)48(60)70;/h3-6,9,20,24-25,35,39-44,49,51,53,57,64-68H,2,10-19,21-23H2,1H3,(H5,54,55,58,62,63,71,72,73,74);1H3/q;-1/p+1/t35-,39-,40+,41+,42-,43-,44+,49-,51-;/m1./s1. The lowest BCUT2D eigenvalue weighted by Gasteiger charge is -2.38. The number of aromatic nitrogens is 3. The molecule has 2 aromatic carbocycles. The highest BCUT2D eigenvalue weighted by Gasteiger charge is 2.50. The van der Waals surface area contributed by atoms with Crippen LogP contribution in [0, 0.1) is 25.1 Å². The van der Waals surface area contributed by atoms with Crippen molar-refractivity contribution in [2.45, 2.75) is 88.0 Å². The maximum absolute atomic E-state index is 15.2. The number of aliphatic hydroxyl groups is 5. The third-order valence-electron chi connectivity index (χ3n) is 13.2. The summed E-state index contributed by atoms with van der Waals surface area (Å²) in [6.45, 7) is 2.17. The molecule has 0 unspecified atom stereocenters. The summed E-state index contributed by atoms with van der Waals surface area (Å²) < 4.78 is 82.9. The Hall–Kier alpha value is -7.29. The maximum Gasteiger partial charge on any atom is 0.335 e.